The molecule has 0 bridgehead atoms. The van der Waals surface area contributed by atoms with Crippen LogP contribution in [0.3, 0.4) is 0 Å². The lowest BCUT2D eigenvalue weighted by molar-refractivity contribution is 0.0734. The number of rotatable bonds is 1. The zero-order chi connectivity index (χ0) is 14.1. The predicted octanol–water partition coefficient (Wildman–Crippen LogP) is 3.33. The maximum absolute atomic E-state index is 13.6. The first-order valence-corrected chi connectivity index (χ1v) is 6.77. The molecule has 1 aliphatic heterocycles. The van der Waals surface area contributed by atoms with E-state index in [1.165, 1.54) is 17.2 Å². The first kappa shape index (κ1) is 12.9. The summed E-state index contributed by atoms with van der Waals surface area (Å²) in [5, 5.41) is 0. The minimum Gasteiger partial charge on any atom is -0.334 e. The number of aryl methyl sites for hydroxylation is 1. The van der Waals surface area contributed by atoms with Crippen molar-refractivity contribution in [2.75, 3.05) is 6.54 Å². The van der Waals surface area contributed by atoms with Gasteiger partial charge in [0.2, 0.25) is 0 Å². The molecular weight excluding hydrogens is 253 g/mol. The van der Waals surface area contributed by atoms with Crippen molar-refractivity contribution in [1.82, 2.24) is 4.90 Å². The summed E-state index contributed by atoms with van der Waals surface area (Å²) in [5.74, 6) is -0.424. The Balaban J connectivity index is 1.84. The second-order valence-corrected chi connectivity index (χ2v) is 5.21. The van der Waals surface area contributed by atoms with E-state index >= 15 is 0 Å². The largest absolute Gasteiger partial charge is 0.334 e. The fraction of sp³-hybridized carbons (Fsp3) is 0.235. The quantitative estimate of drug-likeness (QED) is 0.777. The number of hydrogen-bond donors (Lipinski definition) is 0. The van der Waals surface area contributed by atoms with E-state index in [1.54, 1.807) is 24.0 Å². The number of hydrogen-bond acceptors (Lipinski definition) is 1. The molecule has 1 aliphatic rings. The van der Waals surface area contributed by atoms with Crippen LogP contribution in [0.25, 0.3) is 0 Å². The van der Waals surface area contributed by atoms with Crippen molar-refractivity contribution in [1.29, 1.82) is 0 Å². The monoisotopic (exact) mass is 269 g/mol. The highest BCUT2D eigenvalue weighted by Crippen LogP contribution is 2.21. The van der Waals surface area contributed by atoms with Crippen LogP contribution in [0.4, 0.5) is 4.39 Å². The summed E-state index contributed by atoms with van der Waals surface area (Å²) in [6.07, 6.45) is 0.857. The molecule has 1 amide bonds. The number of amides is 1. The van der Waals surface area contributed by atoms with Crippen LogP contribution in [0.15, 0.2) is 42.5 Å². The zero-order valence-corrected chi connectivity index (χ0v) is 11.4. The molecule has 1 heterocycles. The summed E-state index contributed by atoms with van der Waals surface area (Å²) < 4.78 is 13.6. The van der Waals surface area contributed by atoms with Crippen molar-refractivity contribution in [3.8, 4) is 0 Å². The molecular formula is C17H16FNO. The van der Waals surface area contributed by atoms with Crippen LogP contribution in [0.1, 0.15) is 27.0 Å². The Morgan fingerprint density at radius 1 is 1.15 bits per heavy atom. The van der Waals surface area contributed by atoms with Gasteiger partial charge in [0.15, 0.2) is 0 Å². The molecule has 0 saturated carbocycles. The van der Waals surface area contributed by atoms with Gasteiger partial charge in [-0.15, -0.1) is 0 Å². The van der Waals surface area contributed by atoms with Crippen molar-refractivity contribution >= 4 is 5.91 Å². The zero-order valence-electron chi connectivity index (χ0n) is 11.4. The van der Waals surface area contributed by atoms with Crippen LogP contribution < -0.4 is 0 Å². The summed E-state index contributed by atoms with van der Waals surface area (Å²) in [6, 6.07) is 12.8. The molecule has 0 radical (unpaired) electrons. The summed E-state index contributed by atoms with van der Waals surface area (Å²) in [5.41, 5.74) is 3.46. The molecule has 102 valence electrons. The normalized spacial score (nSPS) is 14.0. The van der Waals surface area contributed by atoms with Crippen molar-refractivity contribution in [3.05, 3.63) is 70.5 Å². The average molecular weight is 269 g/mol. The fourth-order valence-electron chi connectivity index (χ4n) is 2.58. The van der Waals surface area contributed by atoms with Gasteiger partial charge >= 0.3 is 0 Å². The molecule has 20 heavy (non-hydrogen) atoms. The van der Waals surface area contributed by atoms with Gasteiger partial charge < -0.3 is 4.90 Å². The second-order valence-electron chi connectivity index (χ2n) is 5.21. The highest BCUT2D eigenvalue weighted by molar-refractivity contribution is 5.94. The lowest BCUT2D eigenvalue weighted by atomic mass is 9.99. The Labute approximate surface area is 117 Å². The van der Waals surface area contributed by atoms with E-state index < -0.39 is 0 Å². The molecule has 2 nitrogen and oxygen atoms in total. The Morgan fingerprint density at radius 3 is 2.65 bits per heavy atom. The summed E-state index contributed by atoms with van der Waals surface area (Å²) >= 11 is 0. The average Bonchev–Trinajstić information content (AvgIpc) is 2.49. The number of benzene rings is 2. The molecule has 0 aliphatic carbocycles. The van der Waals surface area contributed by atoms with Crippen molar-refractivity contribution in [3.63, 3.8) is 0 Å². The van der Waals surface area contributed by atoms with E-state index in [4.69, 9.17) is 0 Å². The third kappa shape index (κ3) is 2.31. The van der Waals surface area contributed by atoms with Gasteiger partial charge in [0.1, 0.15) is 5.82 Å². The molecule has 2 aromatic rings. The topological polar surface area (TPSA) is 20.3 Å². The molecule has 0 unspecified atom stereocenters. The Morgan fingerprint density at radius 2 is 1.90 bits per heavy atom. The van der Waals surface area contributed by atoms with Gasteiger partial charge in [-0.05, 0) is 42.2 Å². The summed E-state index contributed by atoms with van der Waals surface area (Å²) in [4.78, 5) is 14.2. The summed E-state index contributed by atoms with van der Waals surface area (Å²) in [6.45, 7) is 2.98. The Bertz CT molecular complexity index is 666. The molecule has 2 aromatic carbocycles. The molecule has 0 spiro atoms. The van der Waals surface area contributed by atoms with E-state index in [1.807, 2.05) is 18.2 Å². The van der Waals surface area contributed by atoms with E-state index in [0.29, 0.717) is 24.2 Å². The third-order valence-electron chi connectivity index (χ3n) is 3.84. The summed E-state index contributed by atoms with van der Waals surface area (Å²) in [7, 11) is 0. The molecule has 0 N–H and O–H groups in total. The number of carbonyl (C=O) groups excluding carboxylic acids is 1. The van der Waals surface area contributed by atoms with Gasteiger partial charge in [-0.3, -0.25) is 4.79 Å². The minimum atomic E-state index is -0.326. The maximum Gasteiger partial charge on any atom is 0.254 e. The molecule has 3 heteroatoms. The van der Waals surface area contributed by atoms with Crippen molar-refractivity contribution < 1.29 is 9.18 Å². The van der Waals surface area contributed by atoms with Crippen LogP contribution in [0.2, 0.25) is 0 Å². The highest BCUT2D eigenvalue weighted by atomic mass is 19.1. The molecule has 3 rings (SSSR count). The SMILES string of the molecule is Cc1ccc(C(=O)N2CCc3ccccc3C2)cc1F. The number of carbonyl (C=O) groups is 1. The van der Waals surface area contributed by atoms with Gasteiger partial charge in [-0.1, -0.05) is 30.3 Å². The van der Waals surface area contributed by atoms with Crippen molar-refractivity contribution in [2.45, 2.75) is 19.9 Å². The van der Waals surface area contributed by atoms with Crippen LogP contribution in [-0.4, -0.2) is 17.4 Å². The number of fused-ring (bicyclic) bond motifs is 1. The number of halogens is 1. The third-order valence-corrected chi connectivity index (χ3v) is 3.84. The lowest BCUT2D eigenvalue weighted by Gasteiger charge is -2.29. The first-order chi connectivity index (χ1) is 9.65. The number of nitrogens with zero attached hydrogens (tertiary/aromatic N) is 1. The van der Waals surface area contributed by atoms with E-state index in [0.717, 1.165) is 6.42 Å². The predicted molar refractivity (Wildman–Crippen MR) is 76.0 cm³/mol. The maximum atomic E-state index is 13.6. The van der Waals surface area contributed by atoms with Crippen molar-refractivity contribution in [2.24, 2.45) is 0 Å². The van der Waals surface area contributed by atoms with Gasteiger partial charge in [0.05, 0.1) is 0 Å². The van der Waals surface area contributed by atoms with Crippen LogP contribution in [0.5, 0.6) is 0 Å². The van der Waals surface area contributed by atoms with Gasteiger partial charge in [0.25, 0.3) is 5.91 Å². The fourth-order valence-corrected chi connectivity index (χ4v) is 2.58. The Kier molecular flexibility index (Phi) is 3.26. The van der Waals surface area contributed by atoms with Gasteiger partial charge in [0, 0.05) is 18.7 Å². The van der Waals surface area contributed by atoms with Gasteiger partial charge in [-0.2, -0.15) is 0 Å². The van der Waals surface area contributed by atoms with E-state index in [2.05, 4.69) is 6.07 Å². The Hall–Kier alpha value is -2.16. The standard InChI is InChI=1S/C17H16FNO/c1-12-6-7-14(10-16(12)18)17(20)19-9-8-13-4-2-3-5-15(13)11-19/h2-7,10H,8-9,11H2,1H3. The molecule has 0 aromatic heterocycles. The minimum absolute atomic E-state index is 0.0987. The van der Waals surface area contributed by atoms with E-state index in [-0.39, 0.29) is 11.7 Å². The molecule has 0 saturated heterocycles. The van der Waals surface area contributed by atoms with E-state index in [9.17, 15) is 9.18 Å². The van der Waals surface area contributed by atoms with Crippen LogP contribution >= 0.6 is 0 Å². The second kappa shape index (κ2) is 5.08. The highest BCUT2D eigenvalue weighted by Gasteiger charge is 2.21. The lowest BCUT2D eigenvalue weighted by Crippen LogP contribution is -2.35. The molecule has 0 fully saturated rings. The van der Waals surface area contributed by atoms with Crippen LogP contribution in [0, 0.1) is 12.7 Å². The van der Waals surface area contributed by atoms with Gasteiger partial charge in [-0.25, -0.2) is 4.39 Å². The molecule has 0 atom stereocenters. The smallest absolute Gasteiger partial charge is 0.254 e. The van der Waals surface area contributed by atoms with Crippen LogP contribution in [-0.2, 0) is 13.0 Å². The first-order valence-electron chi connectivity index (χ1n) is 6.77.